The lowest BCUT2D eigenvalue weighted by atomic mass is 10.2. The van der Waals surface area contributed by atoms with Gasteiger partial charge in [-0.3, -0.25) is 5.43 Å². The maximum absolute atomic E-state index is 13.3. The lowest BCUT2D eigenvalue weighted by Gasteiger charge is -2.13. The van der Waals surface area contributed by atoms with Gasteiger partial charge in [0.1, 0.15) is 0 Å². The zero-order valence-electron chi connectivity index (χ0n) is 8.33. The minimum Gasteiger partial charge on any atom is -0.365 e. The van der Waals surface area contributed by atoms with E-state index in [9.17, 15) is 4.39 Å². The van der Waals surface area contributed by atoms with Gasteiger partial charge in [-0.15, -0.1) is 0 Å². The molecule has 0 spiro atoms. The monoisotopic (exact) mass is 211 g/mol. The van der Waals surface area contributed by atoms with Crippen molar-refractivity contribution in [2.75, 3.05) is 10.7 Å². The number of aromatic nitrogens is 2. The van der Waals surface area contributed by atoms with Crippen molar-refractivity contribution in [3.63, 3.8) is 0 Å². The van der Waals surface area contributed by atoms with Crippen LogP contribution in [-0.4, -0.2) is 16.0 Å². The summed E-state index contributed by atoms with van der Waals surface area (Å²) in [4.78, 5) is 7.59. The predicted molar refractivity (Wildman–Crippen MR) is 55.7 cm³/mol. The number of hydrogen-bond donors (Lipinski definition) is 3. The molecule has 5 nitrogen and oxygen atoms in total. The highest BCUT2D eigenvalue weighted by molar-refractivity contribution is 5.41. The average molecular weight is 211 g/mol. The molecule has 1 heterocycles. The van der Waals surface area contributed by atoms with Crippen LogP contribution in [0, 0.1) is 5.82 Å². The van der Waals surface area contributed by atoms with Gasteiger partial charge in [0, 0.05) is 6.04 Å². The Labute approximate surface area is 87.3 Å². The van der Waals surface area contributed by atoms with Crippen LogP contribution in [0.25, 0.3) is 0 Å². The van der Waals surface area contributed by atoms with E-state index in [1.807, 2.05) is 0 Å². The van der Waals surface area contributed by atoms with Crippen LogP contribution in [0.3, 0.4) is 0 Å². The van der Waals surface area contributed by atoms with Gasteiger partial charge >= 0.3 is 0 Å². The zero-order valence-corrected chi connectivity index (χ0v) is 8.33. The van der Waals surface area contributed by atoms with Gasteiger partial charge in [-0.25, -0.2) is 15.2 Å². The van der Waals surface area contributed by atoms with Gasteiger partial charge in [-0.2, -0.15) is 4.98 Å². The molecule has 0 radical (unpaired) electrons. The van der Waals surface area contributed by atoms with Gasteiger partial charge in [0.2, 0.25) is 5.95 Å². The third kappa shape index (κ3) is 2.33. The number of hydrazine groups is 1. The Balaban J connectivity index is 2.11. The van der Waals surface area contributed by atoms with E-state index < -0.39 is 5.82 Å². The quantitative estimate of drug-likeness (QED) is 0.518. The first-order chi connectivity index (χ1) is 7.29. The summed E-state index contributed by atoms with van der Waals surface area (Å²) in [6.45, 7) is 0. The number of nitrogens with zero attached hydrogens (tertiary/aromatic N) is 2. The van der Waals surface area contributed by atoms with Crippen LogP contribution in [0.2, 0.25) is 0 Å². The number of halogens is 1. The minimum atomic E-state index is -0.444. The maximum atomic E-state index is 13.3. The normalized spacial score (nSPS) is 16.7. The third-order valence-corrected chi connectivity index (χ3v) is 2.57. The van der Waals surface area contributed by atoms with Crippen LogP contribution in [-0.2, 0) is 0 Å². The number of nitrogen functional groups attached to an aromatic ring is 1. The molecular weight excluding hydrogens is 197 g/mol. The van der Waals surface area contributed by atoms with Crippen LogP contribution in [0.5, 0.6) is 0 Å². The summed E-state index contributed by atoms with van der Waals surface area (Å²) in [5.41, 5.74) is 2.29. The Morgan fingerprint density at radius 1 is 1.40 bits per heavy atom. The van der Waals surface area contributed by atoms with Gasteiger partial charge in [0.05, 0.1) is 6.20 Å². The topological polar surface area (TPSA) is 75.9 Å². The molecule has 1 aromatic rings. The van der Waals surface area contributed by atoms with Crippen molar-refractivity contribution < 1.29 is 4.39 Å². The van der Waals surface area contributed by atoms with Crippen molar-refractivity contribution in [2.24, 2.45) is 5.84 Å². The number of rotatable bonds is 3. The van der Waals surface area contributed by atoms with E-state index in [1.54, 1.807) is 0 Å². The Morgan fingerprint density at radius 2 is 2.13 bits per heavy atom. The summed E-state index contributed by atoms with van der Waals surface area (Å²) in [7, 11) is 0. The van der Waals surface area contributed by atoms with Crippen molar-refractivity contribution in [3.05, 3.63) is 12.0 Å². The second-order valence-corrected chi connectivity index (χ2v) is 3.66. The highest BCUT2D eigenvalue weighted by Crippen LogP contribution is 2.22. The zero-order chi connectivity index (χ0) is 10.7. The Kier molecular flexibility index (Phi) is 2.96. The fraction of sp³-hybridized carbons (Fsp3) is 0.556. The van der Waals surface area contributed by atoms with Crippen LogP contribution in [0.1, 0.15) is 25.7 Å². The van der Waals surface area contributed by atoms with Crippen molar-refractivity contribution in [1.82, 2.24) is 9.97 Å². The second-order valence-electron chi connectivity index (χ2n) is 3.66. The summed E-state index contributed by atoms with van der Waals surface area (Å²) >= 11 is 0. The molecule has 0 unspecified atom stereocenters. The van der Waals surface area contributed by atoms with Crippen LogP contribution >= 0.6 is 0 Å². The lowest BCUT2D eigenvalue weighted by Crippen LogP contribution is -2.18. The number of nitrogens with one attached hydrogen (secondary N) is 2. The molecule has 4 N–H and O–H groups in total. The molecule has 1 aromatic heterocycles. The van der Waals surface area contributed by atoms with E-state index in [0.717, 1.165) is 19.0 Å². The molecule has 0 atom stereocenters. The lowest BCUT2D eigenvalue weighted by molar-refractivity contribution is 0.610. The first kappa shape index (κ1) is 10.1. The third-order valence-electron chi connectivity index (χ3n) is 2.57. The summed E-state index contributed by atoms with van der Waals surface area (Å²) in [5, 5.41) is 3.06. The van der Waals surface area contributed by atoms with Crippen LogP contribution in [0.4, 0.5) is 16.2 Å². The molecule has 0 aliphatic heterocycles. The first-order valence-corrected chi connectivity index (χ1v) is 5.05. The number of nitrogens with two attached hydrogens (primary N) is 1. The Morgan fingerprint density at radius 3 is 2.80 bits per heavy atom. The highest BCUT2D eigenvalue weighted by Gasteiger charge is 2.17. The molecule has 0 aromatic carbocycles. The number of hydrogen-bond acceptors (Lipinski definition) is 5. The molecule has 1 saturated carbocycles. The smallest absolute Gasteiger partial charge is 0.239 e. The summed E-state index contributed by atoms with van der Waals surface area (Å²) in [6.07, 6.45) is 5.61. The van der Waals surface area contributed by atoms with Crippen LogP contribution < -0.4 is 16.6 Å². The van der Waals surface area contributed by atoms with E-state index in [-0.39, 0.29) is 11.8 Å². The molecule has 1 aliphatic rings. The van der Waals surface area contributed by atoms with E-state index >= 15 is 0 Å². The summed E-state index contributed by atoms with van der Waals surface area (Å²) in [5.74, 6) is 5.15. The molecule has 82 valence electrons. The van der Waals surface area contributed by atoms with E-state index in [1.165, 1.54) is 12.8 Å². The molecule has 0 bridgehead atoms. The SMILES string of the molecule is NNc1ncc(F)c(NC2CCCC2)n1. The summed E-state index contributed by atoms with van der Waals surface area (Å²) < 4.78 is 13.3. The average Bonchev–Trinajstić information content (AvgIpc) is 2.74. The summed E-state index contributed by atoms with van der Waals surface area (Å²) in [6, 6.07) is 0.319. The van der Waals surface area contributed by atoms with Crippen LogP contribution in [0.15, 0.2) is 6.20 Å². The molecule has 1 aliphatic carbocycles. The van der Waals surface area contributed by atoms with Gasteiger partial charge in [-0.05, 0) is 12.8 Å². The Hall–Kier alpha value is -1.43. The first-order valence-electron chi connectivity index (χ1n) is 5.05. The van der Waals surface area contributed by atoms with E-state index in [4.69, 9.17) is 5.84 Å². The molecule has 1 fully saturated rings. The standard InChI is InChI=1S/C9H14FN5/c10-7-5-12-9(15-11)14-8(7)13-6-3-1-2-4-6/h5-6H,1-4,11H2,(H2,12,13,14,15). The fourth-order valence-corrected chi connectivity index (χ4v) is 1.80. The van der Waals surface area contributed by atoms with E-state index in [0.29, 0.717) is 6.04 Å². The second kappa shape index (κ2) is 4.39. The van der Waals surface area contributed by atoms with Crippen molar-refractivity contribution in [3.8, 4) is 0 Å². The minimum absolute atomic E-state index is 0.219. The van der Waals surface area contributed by atoms with Gasteiger partial charge in [0.15, 0.2) is 11.6 Å². The van der Waals surface area contributed by atoms with Gasteiger partial charge in [-0.1, -0.05) is 12.8 Å². The van der Waals surface area contributed by atoms with Gasteiger partial charge < -0.3 is 5.32 Å². The van der Waals surface area contributed by atoms with Gasteiger partial charge in [0.25, 0.3) is 0 Å². The van der Waals surface area contributed by atoms with Crippen molar-refractivity contribution in [1.29, 1.82) is 0 Å². The van der Waals surface area contributed by atoms with Crippen molar-refractivity contribution >= 4 is 11.8 Å². The maximum Gasteiger partial charge on any atom is 0.239 e. The molecule has 2 rings (SSSR count). The van der Waals surface area contributed by atoms with E-state index in [2.05, 4.69) is 20.7 Å². The Bertz CT molecular complexity index is 337. The molecule has 6 heteroatoms. The molecule has 0 amide bonds. The largest absolute Gasteiger partial charge is 0.365 e. The molecule has 0 saturated heterocycles. The molecule has 15 heavy (non-hydrogen) atoms. The molecular formula is C9H14FN5. The predicted octanol–water partition coefficient (Wildman–Crippen LogP) is 1.26. The fourth-order valence-electron chi connectivity index (χ4n) is 1.80. The van der Waals surface area contributed by atoms with Crippen molar-refractivity contribution in [2.45, 2.75) is 31.7 Å². The number of anilines is 2. The highest BCUT2D eigenvalue weighted by atomic mass is 19.1.